The van der Waals surface area contributed by atoms with Gasteiger partial charge in [-0.3, -0.25) is 4.79 Å². The van der Waals surface area contributed by atoms with E-state index in [1.807, 2.05) is 6.92 Å². The third kappa shape index (κ3) is 2.38. The van der Waals surface area contributed by atoms with Crippen molar-refractivity contribution < 1.29 is 4.79 Å². The zero-order valence-corrected chi connectivity index (χ0v) is 10.3. The smallest absolute Gasteiger partial charge is 0.227 e. The van der Waals surface area contributed by atoms with Gasteiger partial charge in [-0.25, -0.2) is 9.97 Å². The fourth-order valence-electron chi connectivity index (χ4n) is 2.35. The molecule has 2 rings (SSSR count). The molecule has 5 heteroatoms. The van der Waals surface area contributed by atoms with Gasteiger partial charge in [0.1, 0.15) is 0 Å². The molecule has 1 N–H and O–H groups in total. The van der Waals surface area contributed by atoms with Gasteiger partial charge in [-0.15, -0.1) is 0 Å². The Balaban J connectivity index is 2.15. The molecule has 1 saturated heterocycles. The molecule has 1 aromatic heterocycles. The number of amides is 1. The summed E-state index contributed by atoms with van der Waals surface area (Å²) in [5, 5.41) is 2.74. The van der Waals surface area contributed by atoms with Crippen LogP contribution in [0.5, 0.6) is 0 Å². The number of nitrogens with zero attached hydrogens (tertiary/aromatic N) is 3. The Labute approximate surface area is 101 Å². The third-order valence-electron chi connectivity index (χ3n) is 3.31. The second-order valence-corrected chi connectivity index (χ2v) is 4.71. The molecular formula is C12H18N4O. The number of carbonyl (C=O) groups is 1. The highest BCUT2D eigenvalue weighted by atomic mass is 16.2. The van der Waals surface area contributed by atoms with Gasteiger partial charge in [0.2, 0.25) is 11.9 Å². The molecule has 1 atom stereocenters. The molecule has 1 unspecified atom stereocenters. The van der Waals surface area contributed by atoms with E-state index in [0.29, 0.717) is 12.5 Å². The summed E-state index contributed by atoms with van der Waals surface area (Å²) in [5.41, 5.74) is -0.341. The first kappa shape index (κ1) is 11.8. The average Bonchev–Trinajstić information content (AvgIpc) is 2.39. The van der Waals surface area contributed by atoms with Crippen LogP contribution in [0.4, 0.5) is 5.95 Å². The van der Waals surface area contributed by atoms with Crippen LogP contribution in [0.2, 0.25) is 0 Å². The number of carbonyl (C=O) groups excluding carboxylic acids is 1. The average molecular weight is 234 g/mol. The van der Waals surface area contributed by atoms with Gasteiger partial charge in [0.15, 0.2) is 0 Å². The number of hydrogen-bond acceptors (Lipinski definition) is 4. The van der Waals surface area contributed by atoms with Crippen LogP contribution < -0.4 is 10.2 Å². The van der Waals surface area contributed by atoms with Crippen molar-refractivity contribution in [1.82, 2.24) is 15.3 Å². The molecule has 0 bridgehead atoms. The van der Waals surface area contributed by atoms with Crippen LogP contribution in [0, 0.1) is 5.41 Å². The lowest BCUT2D eigenvalue weighted by Crippen LogP contribution is -2.50. The quantitative estimate of drug-likeness (QED) is 0.823. The zero-order valence-electron chi connectivity index (χ0n) is 10.3. The highest BCUT2D eigenvalue weighted by Crippen LogP contribution is 2.30. The second-order valence-electron chi connectivity index (χ2n) is 4.71. The summed E-state index contributed by atoms with van der Waals surface area (Å²) >= 11 is 0. The summed E-state index contributed by atoms with van der Waals surface area (Å²) in [6.07, 6.45) is 5.36. The Morgan fingerprint density at radius 1 is 1.47 bits per heavy atom. The van der Waals surface area contributed by atoms with Crippen molar-refractivity contribution >= 4 is 11.9 Å². The number of piperidine rings is 1. The minimum Gasteiger partial charge on any atom is -0.359 e. The molecule has 1 aliphatic rings. The lowest BCUT2D eigenvalue weighted by Gasteiger charge is -2.38. The van der Waals surface area contributed by atoms with Crippen LogP contribution in [-0.2, 0) is 4.79 Å². The van der Waals surface area contributed by atoms with Gasteiger partial charge < -0.3 is 10.2 Å². The Hall–Kier alpha value is -1.65. The second kappa shape index (κ2) is 4.69. The SMILES string of the molecule is CNC(=O)C1(C)CCCN(c2ncccn2)C1. The molecule has 0 spiro atoms. The van der Waals surface area contributed by atoms with E-state index in [2.05, 4.69) is 20.2 Å². The first-order valence-electron chi connectivity index (χ1n) is 5.90. The number of rotatable bonds is 2. The summed E-state index contributed by atoms with van der Waals surface area (Å²) in [6.45, 7) is 3.59. The van der Waals surface area contributed by atoms with Crippen molar-refractivity contribution in [2.24, 2.45) is 5.41 Å². The number of anilines is 1. The summed E-state index contributed by atoms with van der Waals surface area (Å²) in [7, 11) is 1.69. The van der Waals surface area contributed by atoms with E-state index >= 15 is 0 Å². The van der Waals surface area contributed by atoms with Gasteiger partial charge >= 0.3 is 0 Å². The van der Waals surface area contributed by atoms with Crippen LogP contribution in [-0.4, -0.2) is 36.0 Å². The normalized spacial score (nSPS) is 24.5. The van der Waals surface area contributed by atoms with Crippen molar-refractivity contribution in [3.8, 4) is 0 Å². The van der Waals surface area contributed by atoms with E-state index in [1.165, 1.54) is 0 Å². The van der Waals surface area contributed by atoms with Crippen molar-refractivity contribution in [2.75, 3.05) is 25.0 Å². The molecule has 0 saturated carbocycles. The Morgan fingerprint density at radius 3 is 2.82 bits per heavy atom. The Bertz CT molecular complexity index is 395. The maximum Gasteiger partial charge on any atom is 0.227 e. The van der Waals surface area contributed by atoms with Crippen LogP contribution in [0.1, 0.15) is 19.8 Å². The van der Waals surface area contributed by atoms with Crippen molar-refractivity contribution in [3.05, 3.63) is 18.5 Å². The predicted octanol–water partition coefficient (Wildman–Crippen LogP) is 0.829. The summed E-state index contributed by atoms with van der Waals surface area (Å²) in [6, 6.07) is 1.80. The molecule has 92 valence electrons. The number of aromatic nitrogens is 2. The Morgan fingerprint density at radius 2 is 2.18 bits per heavy atom. The topological polar surface area (TPSA) is 58.1 Å². The molecule has 1 fully saturated rings. The van der Waals surface area contributed by atoms with Gasteiger partial charge in [-0.05, 0) is 25.8 Å². The molecular weight excluding hydrogens is 216 g/mol. The molecule has 1 aromatic rings. The third-order valence-corrected chi connectivity index (χ3v) is 3.31. The predicted molar refractivity (Wildman–Crippen MR) is 65.7 cm³/mol. The van der Waals surface area contributed by atoms with E-state index in [0.717, 1.165) is 19.4 Å². The fourth-order valence-corrected chi connectivity index (χ4v) is 2.35. The van der Waals surface area contributed by atoms with Crippen LogP contribution >= 0.6 is 0 Å². The van der Waals surface area contributed by atoms with Crippen molar-refractivity contribution in [3.63, 3.8) is 0 Å². The Kier molecular flexibility index (Phi) is 3.26. The maximum absolute atomic E-state index is 11.9. The molecule has 5 nitrogen and oxygen atoms in total. The monoisotopic (exact) mass is 234 g/mol. The molecule has 0 aliphatic carbocycles. The first-order chi connectivity index (χ1) is 8.15. The maximum atomic E-state index is 11.9. The van der Waals surface area contributed by atoms with E-state index in [9.17, 15) is 4.79 Å². The molecule has 2 heterocycles. The minimum absolute atomic E-state index is 0.0955. The van der Waals surface area contributed by atoms with Gasteiger partial charge in [-0.2, -0.15) is 0 Å². The van der Waals surface area contributed by atoms with Crippen LogP contribution in [0.15, 0.2) is 18.5 Å². The summed E-state index contributed by atoms with van der Waals surface area (Å²) in [4.78, 5) is 22.4. The van der Waals surface area contributed by atoms with Crippen LogP contribution in [0.25, 0.3) is 0 Å². The first-order valence-corrected chi connectivity index (χ1v) is 5.90. The molecule has 0 radical (unpaired) electrons. The van der Waals surface area contributed by atoms with Gasteiger partial charge in [0.25, 0.3) is 0 Å². The van der Waals surface area contributed by atoms with E-state index in [-0.39, 0.29) is 11.3 Å². The summed E-state index contributed by atoms with van der Waals surface area (Å²) < 4.78 is 0. The standard InChI is InChI=1S/C12H18N4O/c1-12(10(17)13-2)5-3-8-16(9-12)11-14-6-4-7-15-11/h4,6-7H,3,5,8-9H2,1-2H3,(H,13,17). The lowest BCUT2D eigenvalue weighted by atomic mass is 9.81. The molecule has 0 aromatic carbocycles. The van der Waals surface area contributed by atoms with Gasteiger partial charge in [-0.1, -0.05) is 0 Å². The zero-order chi connectivity index (χ0) is 12.3. The van der Waals surface area contributed by atoms with Gasteiger partial charge in [0.05, 0.1) is 5.41 Å². The molecule has 1 aliphatic heterocycles. The minimum atomic E-state index is -0.341. The molecule has 17 heavy (non-hydrogen) atoms. The van der Waals surface area contributed by atoms with E-state index < -0.39 is 0 Å². The van der Waals surface area contributed by atoms with E-state index in [1.54, 1.807) is 25.5 Å². The lowest BCUT2D eigenvalue weighted by molar-refractivity contribution is -0.130. The fraction of sp³-hybridized carbons (Fsp3) is 0.583. The van der Waals surface area contributed by atoms with Crippen molar-refractivity contribution in [2.45, 2.75) is 19.8 Å². The number of nitrogens with one attached hydrogen (secondary N) is 1. The largest absolute Gasteiger partial charge is 0.359 e. The highest BCUT2D eigenvalue weighted by Gasteiger charge is 2.37. The van der Waals surface area contributed by atoms with Crippen LogP contribution in [0.3, 0.4) is 0 Å². The van der Waals surface area contributed by atoms with E-state index in [4.69, 9.17) is 0 Å². The highest BCUT2D eigenvalue weighted by molar-refractivity contribution is 5.82. The summed E-state index contributed by atoms with van der Waals surface area (Å²) in [5.74, 6) is 0.806. The van der Waals surface area contributed by atoms with Gasteiger partial charge in [0, 0.05) is 32.5 Å². The molecule has 1 amide bonds. The van der Waals surface area contributed by atoms with Crippen molar-refractivity contribution in [1.29, 1.82) is 0 Å². The number of hydrogen-bond donors (Lipinski definition) is 1.